The van der Waals surface area contributed by atoms with Gasteiger partial charge < -0.3 is 9.47 Å². The van der Waals surface area contributed by atoms with Gasteiger partial charge in [-0.3, -0.25) is 14.9 Å². The van der Waals surface area contributed by atoms with Gasteiger partial charge in [-0.15, -0.1) is 0 Å². The summed E-state index contributed by atoms with van der Waals surface area (Å²) in [5.41, 5.74) is 1.12. The molecule has 0 aromatic heterocycles. The highest BCUT2D eigenvalue weighted by atomic mass is 35.5. The number of imide groups is 2. The second kappa shape index (κ2) is 9.22. The number of rotatable bonds is 6. The molecule has 1 aliphatic heterocycles. The lowest BCUT2D eigenvalue weighted by molar-refractivity contribution is -0.122. The van der Waals surface area contributed by atoms with Gasteiger partial charge in [-0.05, 0) is 50.1 Å². The first-order chi connectivity index (χ1) is 14.8. The van der Waals surface area contributed by atoms with Crippen molar-refractivity contribution in [3.05, 3.63) is 58.1 Å². The van der Waals surface area contributed by atoms with E-state index >= 15 is 0 Å². The van der Waals surface area contributed by atoms with E-state index in [4.69, 9.17) is 21.1 Å². The lowest BCUT2D eigenvalue weighted by Crippen LogP contribution is -2.54. The van der Waals surface area contributed by atoms with Gasteiger partial charge in [0.25, 0.3) is 11.8 Å². The van der Waals surface area contributed by atoms with E-state index in [1.165, 1.54) is 13.2 Å². The molecule has 0 saturated carbocycles. The van der Waals surface area contributed by atoms with E-state index in [1.807, 2.05) is 13.8 Å². The summed E-state index contributed by atoms with van der Waals surface area (Å²) in [7, 11) is 1.51. The molecule has 1 saturated heterocycles. The fourth-order valence-corrected chi connectivity index (χ4v) is 3.26. The molecule has 4 amide bonds. The number of nitrogens with zero attached hydrogens (tertiary/aromatic N) is 1. The predicted molar refractivity (Wildman–Crippen MR) is 119 cm³/mol. The number of amides is 4. The monoisotopic (exact) mass is 442 g/mol. The van der Waals surface area contributed by atoms with Crippen LogP contribution in [0.15, 0.2) is 42.0 Å². The zero-order valence-electron chi connectivity index (χ0n) is 17.7. The van der Waals surface area contributed by atoms with Crippen molar-refractivity contribution in [2.24, 2.45) is 0 Å². The normalized spacial score (nSPS) is 16.4. The second-order valence-corrected chi connectivity index (χ2v) is 7.46. The van der Waals surface area contributed by atoms with Gasteiger partial charge in [0.2, 0.25) is 0 Å². The number of para-hydroxylation sites is 1. The molecule has 1 N–H and O–H groups in total. The van der Waals surface area contributed by atoms with E-state index in [0.717, 1.165) is 11.3 Å². The smallest absolute Gasteiger partial charge is 0.335 e. The van der Waals surface area contributed by atoms with Crippen molar-refractivity contribution in [3.8, 4) is 11.5 Å². The van der Waals surface area contributed by atoms with Gasteiger partial charge >= 0.3 is 6.03 Å². The highest BCUT2D eigenvalue weighted by Gasteiger charge is 2.38. The molecular formula is C23H23ClN2O5. The van der Waals surface area contributed by atoms with Crippen molar-refractivity contribution >= 4 is 41.2 Å². The number of carbonyl (C=O) groups is 3. The summed E-state index contributed by atoms with van der Waals surface area (Å²) in [6.45, 7) is 5.58. The number of nitrogens with one attached hydrogen (secondary N) is 1. The summed E-state index contributed by atoms with van der Waals surface area (Å²) < 4.78 is 11.4. The number of methoxy groups -OCH3 is 1. The molecule has 1 heterocycles. The Morgan fingerprint density at radius 3 is 2.55 bits per heavy atom. The molecule has 2 aromatic rings. The number of ether oxygens (including phenoxy) is 2. The van der Waals surface area contributed by atoms with Crippen LogP contribution in [0.5, 0.6) is 11.5 Å². The third-order valence-corrected chi connectivity index (χ3v) is 5.41. The van der Waals surface area contributed by atoms with Crippen LogP contribution in [0.1, 0.15) is 31.4 Å². The summed E-state index contributed by atoms with van der Waals surface area (Å²) in [6.07, 6.45) is 2.04. The van der Waals surface area contributed by atoms with Crippen molar-refractivity contribution in [2.45, 2.75) is 33.3 Å². The van der Waals surface area contributed by atoms with E-state index < -0.39 is 17.8 Å². The average Bonchev–Trinajstić information content (AvgIpc) is 2.74. The van der Waals surface area contributed by atoms with Gasteiger partial charge in [0.1, 0.15) is 5.57 Å². The highest BCUT2D eigenvalue weighted by Crippen LogP contribution is 2.35. The van der Waals surface area contributed by atoms with Crippen LogP contribution in [-0.4, -0.2) is 31.1 Å². The van der Waals surface area contributed by atoms with Gasteiger partial charge in [-0.1, -0.05) is 36.7 Å². The molecule has 1 aliphatic rings. The standard InChI is InChI=1S/C23H23ClN2O5/c1-5-13(2)31-20-15(8-6-11-19(20)30-4)12-16-21(27)25-23(29)26(22(16)28)18-10-7-9-17(24)14(18)3/h6-13H,5H2,1-4H3,(H,25,27,29)/b16-12+/t13-/m1/s1. The van der Waals surface area contributed by atoms with Crippen molar-refractivity contribution in [1.82, 2.24) is 5.32 Å². The van der Waals surface area contributed by atoms with Crippen molar-refractivity contribution in [1.29, 1.82) is 0 Å². The van der Waals surface area contributed by atoms with E-state index in [1.54, 1.807) is 43.3 Å². The Morgan fingerprint density at radius 1 is 1.16 bits per heavy atom. The van der Waals surface area contributed by atoms with E-state index in [2.05, 4.69) is 5.32 Å². The quantitative estimate of drug-likeness (QED) is 0.526. The van der Waals surface area contributed by atoms with Crippen LogP contribution in [0.3, 0.4) is 0 Å². The summed E-state index contributed by atoms with van der Waals surface area (Å²) in [4.78, 5) is 39.2. The summed E-state index contributed by atoms with van der Waals surface area (Å²) >= 11 is 6.16. The molecule has 1 atom stereocenters. The van der Waals surface area contributed by atoms with E-state index in [9.17, 15) is 14.4 Å². The second-order valence-electron chi connectivity index (χ2n) is 7.06. The summed E-state index contributed by atoms with van der Waals surface area (Å²) in [5, 5.41) is 2.62. The Hall–Kier alpha value is -3.32. The summed E-state index contributed by atoms with van der Waals surface area (Å²) in [6, 6.07) is 9.21. The Morgan fingerprint density at radius 2 is 1.87 bits per heavy atom. The largest absolute Gasteiger partial charge is 0.493 e. The highest BCUT2D eigenvalue weighted by molar-refractivity contribution is 6.40. The molecule has 0 aliphatic carbocycles. The molecule has 7 nitrogen and oxygen atoms in total. The van der Waals surface area contributed by atoms with E-state index in [0.29, 0.717) is 33.3 Å². The van der Waals surface area contributed by atoms with Crippen molar-refractivity contribution in [2.75, 3.05) is 12.0 Å². The third-order valence-electron chi connectivity index (χ3n) is 5.00. The molecule has 0 spiro atoms. The third kappa shape index (κ3) is 4.41. The van der Waals surface area contributed by atoms with Crippen LogP contribution < -0.4 is 19.7 Å². The first-order valence-corrected chi connectivity index (χ1v) is 10.2. The van der Waals surface area contributed by atoms with Crippen LogP contribution in [0, 0.1) is 6.92 Å². The predicted octanol–water partition coefficient (Wildman–Crippen LogP) is 4.50. The number of anilines is 1. The minimum Gasteiger partial charge on any atom is -0.493 e. The number of urea groups is 1. The maximum Gasteiger partial charge on any atom is 0.335 e. The van der Waals surface area contributed by atoms with Gasteiger partial charge in [-0.2, -0.15) is 0 Å². The molecule has 0 bridgehead atoms. The molecule has 0 radical (unpaired) electrons. The van der Waals surface area contributed by atoms with Gasteiger partial charge in [0.05, 0.1) is 18.9 Å². The SMILES string of the molecule is CC[C@@H](C)Oc1c(/C=C2\C(=O)NC(=O)N(c3cccc(Cl)c3C)C2=O)cccc1OC. The van der Waals surface area contributed by atoms with Crippen molar-refractivity contribution in [3.63, 3.8) is 0 Å². The number of hydrogen-bond acceptors (Lipinski definition) is 5. The number of hydrogen-bond donors (Lipinski definition) is 1. The Balaban J connectivity index is 2.10. The fourth-order valence-electron chi connectivity index (χ4n) is 3.09. The average molecular weight is 443 g/mol. The lowest BCUT2D eigenvalue weighted by atomic mass is 10.0. The molecular weight excluding hydrogens is 420 g/mol. The van der Waals surface area contributed by atoms with Gasteiger partial charge in [0.15, 0.2) is 11.5 Å². The molecule has 162 valence electrons. The van der Waals surface area contributed by atoms with Gasteiger partial charge in [-0.25, -0.2) is 9.69 Å². The molecule has 2 aromatic carbocycles. The molecule has 31 heavy (non-hydrogen) atoms. The molecule has 0 unspecified atom stereocenters. The lowest BCUT2D eigenvalue weighted by Gasteiger charge is -2.28. The zero-order valence-corrected chi connectivity index (χ0v) is 18.4. The maximum atomic E-state index is 13.2. The number of carbonyl (C=O) groups excluding carboxylic acids is 3. The fraction of sp³-hybridized carbons (Fsp3) is 0.261. The first kappa shape index (κ1) is 22.4. The zero-order chi connectivity index (χ0) is 22.7. The Kier molecular flexibility index (Phi) is 6.65. The topological polar surface area (TPSA) is 84.9 Å². The minimum atomic E-state index is -0.834. The minimum absolute atomic E-state index is 0.114. The number of halogens is 1. The molecule has 1 fully saturated rings. The van der Waals surface area contributed by atoms with Crippen LogP contribution in [0.2, 0.25) is 5.02 Å². The molecule has 8 heteroatoms. The Bertz CT molecular complexity index is 1080. The van der Waals surface area contributed by atoms with Gasteiger partial charge in [0, 0.05) is 10.6 Å². The summed E-state index contributed by atoms with van der Waals surface area (Å²) in [5.74, 6) is -0.661. The van der Waals surface area contributed by atoms with Crippen LogP contribution in [0.4, 0.5) is 10.5 Å². The first-order valence-electron chi connectivity index (χ1n) is 9.78. The van der Waals surface area contributed by atoms with Crippen molar-refractivity contribution < 1.29 is 23.9 Å². The molecule has 3 rings (SSSR count). The van der Waals surface area contributed by atoms with Crippen LogP contribution >= 0.6 is 11.6 Å². The van der Waals surface area contributed by atoms with Crippen LogP contribution in [-0.2, 0) is 9.59 Å². The maximum absolute atomic E-state index is 13.2. The number of barbiturate groups is 1. The van der Waals surface area contributed by atoms with Crippen LogP contribution in [0.25, 0.3) is 6.08 Å². The number of benzene rings is 2. The van der Waals surface area contributed by atoms with E-state index in [-0.39, 0.29) is 11.7 Å². The Labute approximate surface area is 185 Å².